The van der Waals surface area contributed by atoms with Crippen LogP contribution < -0.4 is 10.5 Å². The topological polar surface area (TPSA) is 75.4 Å². The second kappa shape index (κ2) is 6.11. The summed E-state index contributed by atoms with van der Waals surface area (Å²) in [7, 11) is -3.54. The van der Waals surface area contributed by atoms with Crippen molar-refractivity contribution in [3.63, 3.8) is 0 Å². The molecule has 1 aromatic carbocycles. The van der Waals surface area contributed by atoms with Gasteiger partial charge in [-0.15, -0.1) is 0 Å². The molecular weight excluding hydrogens is 274 g/mol. The van der Waals surface area contributed by atoms with Gasteiger partial charge in [0.25, 0.3) is 0 Å². The summed E-state index contributed by atoms with van der Waals surface area (Å²) in [5.41, 5.74) is 7.75. The molecule has 112 valence electrons. The lowest BCUT2D eigenvalue weighted by Crippen LogP contribution is -2.34. The summed E-state index contributed by atoms with van der Waals surface area (Å²) in [5.74, 6) is 0. The number of nitrogens with one attached hydrogen (secondary N) is 1. The number of sulfonamides is 1. The summed E-state index contributed by atoms with van der Waals surface area (Å²) in [6, 6.07) is 3.63. The van der Waals surface area contributed by atoms with Crippen molar-refractivity contribution >= 4 is 15.7 Å². The summed E-state index contributed by atoms with van der Waals surface area (Å²) in [5, 5.41) is 0. The molecule has 1 aromatic rings. The van der Waals surface area contributed by atoms with Crippen molar-refractivity contribution in [2.45, 2.75) is 31.6 Å². The van der Waals surface area contributed by atoms with Crippen LogP contribution in [0.3, 0.4) is 0 Å². The number of likely N-dealkylation sites (tertiary alicyclic amines) is 1. The first kappa shape index (κ1) is 15.3. The molecule has 20 heavy (non-hydrogen) atoms. The number of anilines is 1. The normalized spacial score (nSPS) is 16.7. The minimum Gasteiger partial charge on any atom is -0.397 e. The molecule has 0 aromatic heterocycles. The van der Waals surface area contributed by atoms with Gasteiger partial charge in [0.2, 0.25) is 10.0 Å². The molecule has 0 amide bonds. The molecule has 0 saturated carbocycles. The van der Waals surface area contributed by atoms with Crippen LogP contribution in [0.5, 0.6) is 0 Å². The maximum absolute atomic E-state index is 12.4. The highest BCUT2D eigenvalue weighted by atomic mass is 32.2. The lowest BCUT2D eigenvalue weighted by molar-refractivity contribution is 0.344. The first-order valence-corrected chi connectivity index (χ1v) is 8.48. The van der Waals surface area contributed by atoms with Crippen molar-refractivity contribution in [2.24, 2.45) is 0 Å². The molecule has 6 heteroatoms. The van der Waals surface area contributed by atoms with Crippen LogP contribution in [0.1, 0.15) is 24.0 Å². The zero-order valence-electron chi connectivity index (χ0n) is 12.1. The number of benzene rings is 1. The van der Waals surface area contributed by atoms with Gasteiger partial charge >= 0.3 is 0 Å². The van der Waals surface area contributed by atoms with Gasteiger partial charge in [-0.05, 0) is 50.9 Å². The first-order chi connectivity index (χ1) is 9.42. The largest absolute Gasteiger partial charge is 0.397 e. The molecule has 2 rings (SSSR count). The fourth-order valence-electron chi connectivity index (χ4n) is 2.58. The van der Waals surface area contributed by atoms with E-state index in [1.54, 1.807) is 13.0 Å². The predicted molar refractivity (Wildman–Crippen MR) is 81.2 cm³/mol. The summed E-state index contributed by atoms with van der Waals surface area (Å²) in [6.45, 7) is 6.89. The van der Waals surface area contributed by atoms with E-state index < -0.39 is 10.0 Å². The van der Waals surface area contributed by atoms with Gasteiger partial charge in [0, 0.05) is 13.1 Å². The highest BCUT2D eigenvalue weighted by Crippen LogP contribution is 2.25. The van der Waals surface area contributed by atoms with Gasteiger partial charge in [0.1, 0.15) is 4.90 Å². The Hall–Kier alpha value is -1.11. The van der Waals surface area contributed by atoms with Gasteiger partial charge < -0.3 is 10.6 Å². The lowest BCUT2D eigenvalue weighted by atomic mass is 10.1. The van der Waals surface area contributed by atoms with Crippen molar-refractivity contribution in [3.8, 4) is 0 Å². The molecule has 1 saturated heterocycles. The minimum atomic E-state index is -3.54. The molecule has 0 spiro atoms. The van der Waals surface area contributed by atoms with Gasteiger partial charge in [-0.3, -0.25) is 0 Å². The number of nitrogen functional groups attached to an aromatic ring is 1. The number of nitrogens with zero attached hydrogens (tertiary/aromatic N) is 1. The molecule has 3 N–H and O–H groups in total. The van der Waals surface area contributed by atoms with Crippen LogP contribution >= 0.6 is 0 Å². The quantitative estimate of drug-likeness (QED) is 0.802. The van der Waals surface area contributed by atoms with E-state index in [-0.39, 0.29) is 4.90 Å². The molecule has 0 atom stereocenters. The van der Waals surface area contributed by atoms with Crippen LogP contribution in [-0.2, 0) is 10.0 Å². The Balaban J connectivity index is 2.08. The van der Waals surface area contributed by atoms with E-state index in [9.17, 15) is 8.42 Å². The van der Waals surface area contributed by atoms with Crippen molar-refractivity contribution in [1.29, 1.82) is 0 Å². The van der Waals surface area contributed by atoms with Crippen LogP contribution in [-0.4, -0.2) is 39.5 Å². The van der Waals surface area contributed by atoms with E-state index in [1.165, 1.54) is 12.8 Å². The molecule has 0 unspecified atom stereocenters. The molecule has 0 radical (unpaired) electrons. The monoisotopic (exact) mass is 297 g/mol. The molecular formula is C14H23N3O2S. The summed E-state index contributed by atoms with van der Waals surface area (Å²) >= 11 is 0. The molecule has 1 heterocycles. The Morgan fingerprint density at radius 1 is 1.20 bits per heavy atom. The van der Waals surface area contributed by atoms with Crippen molar-refractivity contribution in [1.82, 2.24) is 9.62 Å². The van der Waals surface area contributed by atoms with E-state index in [4.69, 9.17) is 5.73 Å². The van der Waals surface area contributed by atoms with Crippen LogP contribution in [0.2, 0.25) is 0 Å². The first-order valence-electron chi connectivity index (χ1n) is 6.99. The molecule has 1 fully saturated rings. The Bertz CT molecular complexity index is 578. The summed E-state index contributed by atoms with van der Waals surface area (Å²) in [6.07, 6.45) is 2.41. The van der Waals surface area contributed by atoms with E-state index in [0.29, 0.717) is 17.8 Å². The van der Waals surface area contributed by atoms with Gasteiger partial charge in [-0.2, -0.15) is 0 Å². The second-order valence-electron chi connectivity index (χ2n) is 5.39. The van der Waals surface area contributed by atoms with E-state index in [0.717, 1.165) is 25.2 Å². The average molecular weight is 297 g/mol. The number of hydrogen-bond acceptors (Lipinski definition) is 4. The van der Waals surface area contributed by atoms with Gasteiger partial charge in [0.15, 0.2) is 0 Å². The fraction of sp³-hybridized carbons (Fsp3) is 0.571. The third kappa shape index (κ3) is 3.31. The highest BCUT2D eigenvalue weighted by Gasteiger charge is 2.21. The SMILES string of the molecule is Cc1ccc(C)c(S(=O)(=O)NCCN2CCCC2)c1N. The Labute approximate surface area is 121 Å². The minimum absolute atomic E-state index is 0.221. The van der Waals surface area contributed by atoms with Crippen LogP contribution in [0.15, 0.2) is 17.0 Å². The molecule has 1 aliphatic heterocycles. The van der Waals surface area contributed by atoms with Gasteiger partial charge in [0.05, 0.1) is 5.69 Å². The lowest BCUT2D eigenvalue weighted by Gasteiger charge is -2.17. The zero-order chi connectivity index (χ0) is 14.8. The Kier molecular flexibility index (Phi) is 4.67. The maximum Gasteiger partial charge on any atom is 0.242 e. The maximum atomic E-state index is 12.4. The van der Waals surface area contributed by atoms with E-state index in [2.05, 4.69) is 9.62 Å². The van der Waals surface area contributed by atoms with E-state index >= 15 is 0 Å². The van der Waals surface area contributed by atoms with Crippen LogP contribution in [0.25, 0.3) is 0 Å². The molecule has 5 nitrogen and oxygen atoms in total. The van der Waals surface area contributed by atoms with Crippen molar-refractivity contribution in [3.05, 3.63) is 23.3 Å². The van der Waals surface area contributed by atoms with E-state index in [1.807, 2.05) is 13.0 Å². The number of nitrogens with two attached hydrogens (primary N) is 1. The average Bonchev–Trinajstić information content (AvgIpc) is 2.87. The molecule has 0 aliphatic carbocycles. The van der Waals surface area contributed by atoms with Crippen molar-refractivity contribution < 1.29 is 8.42 Å². The Morgan fingerprint density at radius 2 is 1.80 bits per heavy atom. The van der Waals surface area contributed by atoms with Gasteiger partial charge in [-0.25, -0.2) is 13.1 Å². The third-order valence-corrected chi connectivity index (χ3v) is 5.46. The van der Waals surface area contributed by atoms with Gasteiger partial charge in [-0.1, -0.05) is 12.1 Å². The summed E-state index contributed by atoms with van der Waals surface area (Å²) in [4.78, 5) is 2.49. The number of hydrogen-bond donors (Lipinski definition) is 2. The third-order valence-electron chi connectivity index (χ3n) is 3.80. The predicted octanol–water partition coefficient (Wildman–Crippen LogP) is 1.26. The standard InChI is InChI=1S/C14H23N3O2S/c1-11-5-6-12(2)14(13(11)15)20(18,19)16-7-10-17-8-3-4-9-17/h5-6,16H,3-4,7-10,15H2,1-2H3. The smallest absolute Gasteiger partial charge is 0.242 e. The Morgan fingerprint density at radius 3 is 2.45 bits per heavy atom. The fourth-order valence-corrected chi connectivity index (χ4v) is 4.03. The van der Waals surface area contributed by atoms with Crippen LogP contribution in [0.4, 0.5) is 5.69 Å². The molecule has 1 aliphatic rings. The number of rotatable bonds is 5. The van der Waals surface area contributed by atoms with Crippen molar-refractivity contribution in [2.75, 3.05) is 31.9 Å². The second-order valence-corrected chi connectivity index (χ2v) is 7.09. The van der Waals surface area contributed by atoms with Crippen LogP contribution in [0, 0.1) is 13.8 Å². The highest BCUT2D eigenvalue weighted by molar-refractivity contribution is 7.89. The summed E-state index contributed by atoms with van der Waals surface area (Å²) < 4.78 is 27.4. The zero-order valence-corrected chi connectivity index (χ0v) is 13.0. The molecule has 0 bridgehead atoms. The number of aryl methyl sites for hydroxylation is 2.